The van der Waals surface area contributed by atoms with Crippen molar-refractivity contribution in [2.45, 2.75) is 27.3 Å². The molecule has 1 heterocycles. The molecule has 0 spiro atoms. The number of ketones is 1. The monoisotopic (exact) mass is 359 g/mol. The SMILES string of the molecule is COCCn1c(C)cc(C(=O)COC(=O)COc2cccc(C)c2)c1C. The van der Waals surface area contributed by atoms with Gasteiger partial charge >= 0.3 is 5.97 Å². The summed E-state index contributed by atoms with van der Waals surface area (Å²) in [5.74, 6) is -0.214. The van der Waals surface area contributed by atoms with Gasteiger partial charge in [0.1, 0.15) is 5.75 Å². The molecule has 2 rings (SSSR count). The first-order chi connectivity index (χ1) is 12.4. The van der Waals surface area contributed by atoms with Gasteiger partial charge in [0, 0.05) is 30.6 Å². The molecule has 0 N–H and O–H groups in total. The molecule has 0 bridgehead atoms. The first-order valence-corrected chi connectivity index (χ1v) is 8.46. The van der Waals surface area contributed by atoms with Gasteiger partial charge in [-0.1, -0.05) is 12.1 Å². The predicted molar refractivity (Wildman–Crippen MR) is 97.7 cm³/mol. The maximum atomic E-state index is 12.4. The Kier molecular flexibility index (Phi) is 6.97. The van der Waals surface area contributed by atoms with Crippen LogP contribution in [0.15, 0.2) is 30.3 Å². The van der Waals surface area contributed by atoms with E-state index in [1.54, 1.807) is 13.2 Å². The van der Waals surface area contributed by atoms with Crippen LogP contribution in [0.4, 0.5) is 0 Å². The van der Waals surface area contributed by atoms with Crippen molar-refractivity contribution in [3.05, 3.63) is 52.8 Å². The highest BCUT2D eigenvalue weighted by Gasteiger charge is 2.17. The van der Waals surface area contributed by atoms with E-state index in [0.29, 0.717) is 24.5 Å². The topological polar surface area (TPSA) is 66.8 Å². The highest BCUT2D eigenvalue weighted by atomic mass is 16.6. The summed E-state index contributed by atoms with van der Waals surface area (Å²) < 4.78 is 17.5. The Hall–Kier alpha value is -2.60. The summed E-state index contributed by atoms with van der Waals surface area (Å²) in [7, 11) is 1.64. The van der Waals surface area contributed by atoms with E-state index in [9.17, 15) is 9.59 Å². The van der Waals surface area contributed by atoms with Gasteiger partial charge in [-0.05, 0) is 44.5 Å². The number of nitrogens with zero attached hydrogens (tertiary/aromatic N) is 1. The first kappa shape index (κ1) is 19.7. The van der Waals surface area contributed by atoms with Gasteiger partial charge in [-0.25, -0.2) is 4.79 Å². The van der Waals surface area contributed by atoms with E-state index in [1.165, 1.54) is 0 Å². The van der Waals surface area contributed by atoms with Crippen LogP contribution < -0.4 is 4.74 Å². The summed E-state index contributed by atoms with van der Waals surface area (Å²) in [6.07, 6.45) is 0. The van der Waals surface area contributed by atoms with Crippen LogP contribution in [0.3, 0.4) is 0 Å². The molecule has 6 heteroatoms. The number of hydrogen-bond acceptors (Lipinski definition) is 5. The summed E-state index contributed by atoms with van der Waals surface area (Å²) in [5.41, 5.74) is 3.41. The third-order valence-corrected chi connectivity index (χ3v) is 4.10. The van der Waals surface area contributed by atoms with Crippen molar-refractivity contribution < 1.29 is 23.8 Å². The van der Waals surface area contributed by atoms with Crippen LogP contribution in [0.1, 0.15) is 27.3 Å². The molecule has 0 fully saturated rings. The van der Waals surface area contributed by atoms with E-state index in [0.717, 1.165) is 17.0 Å². The molecule has 0 saturated heterocycles. The predicted octanol–water partition coefficient (Wildman–Crippen LogP) is 2.86. The summed E-state index contributed by atoms with van der Waals surface area (Å²) in [6.45, 7) is 6.45. The van der Waals surface area contributed by atoms with Gasteiger partial charge in [0.05, 0.1) is 6.61 Å². The Morgan fingerprint density at radius 1 is 1.08 bits per heavy atom. The van der Waals surface area contributed by atoms with E-state index >= 15 is 0 Å². The molecular weight excluding hydrogens is 334 g/mol. The second-order valence-corrected chi connectivity index (χ2v) is 6.12. The Morgan fingerprint density at radius 2 is 1.85 bits per heavy atom. The molecular formula is C20H25NO5. The lowest BCUT2D eigenvalue weighted by Crippen LogP contribution is -2.20. The zero-order chi connectivity index (χ0) is 19.1. The van der Waals surface area contributed by atoms with Crippen LogP contribution in [0, 0.1) is 20.8 Å². The molecule has 0 aliphatic rings. The number of aromatic nitrogens is 1. The first-order valence-electron chi connectivity index (χ1n) is 8.46. The zero-order valence-corrected chi connectivity index (χ0v) is 15.7. The number of carbonyl (C=O) groups is 2. The fourth-order valence-electron chi connectivity index (χ4n) is 2.72. The Bertz CT molecular complexity index is 779. The van der Waals surface area contributed by atoms with Gasteiger partial charge in [-0.2, -0.15) is 0 Å². The number of carbonyl (C=O) groups excluding carboxylic acids is 2. The molecule has 0 unspecified atom stereocenters. The van der Waals surface area contributed by atoms with E-state index in [2.05, 4.69) is 0 Å². The van der Waals surface area contributed by atoms with Crippen LogP contribution >= 0.6 is 0 Å². The van der Waals surface area contributed by atoms with Crippen LogP contribution in [0.2, 0.25) is 0 Å². The Balaban J connectivity index is 1.87. The van der Waals surface area contributed by atoms with Crippen LogP contribution in [0.25, 0.3) is 0 Å². The third-order valence-electron chi connectivity index (χ3n) is 4.10. The van der Waals surface area contributed by atoms with Crippen molar-refractivity contribution in [3.63, 3.8) is 0 Å². The van der Waals surface area contributed by atoms with Crippen molar-refractivity contribution in [1.29, 1.82) is 0 Å². The van der Waals surface area contributed by atoms with Crippen molar-refractivity contribution in [1.82, 2.24) is 4.57 Å². The Labute approximate surface area is 153 Å². The highest BCUT2D eigenvalue weighted by molar-refractivity contribution is 5.99. The van der Waals surface area contributed by atoms with Crippen molar-refractivity contribution in [3.8, 4) is 5.75 Å². The molecule has 0 saturated carbocycles. The average molecular weight is 359 g/mol. The van der Waals surface area contributed by atoms with Crippen molar-refractivity contribution in [2.75, 3.05) is 26.9 Å². The summed E-state index contributed by atoms with van der Waals surface area (Å²) in [5, 5.41) is 0. The van der Waals surface area contributed by atoms with E-state index in [4.69, 9.17) is 14.2 Å². The third kappa shape index (κ3) is 5.20. The minimum absolute atomic E-state index is 0.231. The number of ether oxygens (including phenoxy) is 3. The molecule has 1 aromatic carbocycles. The number of esters is 1. The zero-order valence-electron chi connectivity index (χ0n) is 15.7. The fraction of sp³-hybridized carbons (Fsp3) is 0.400. The van der Waals surface area contributed by atoms with Gasteiger partial charge in [0.15, 0.2) is 13.2 Å². The lowest BCUT2D eigenvalue weighted by molar-refractivity contribution is -0.144. The number of rotatable bonds is 9. The molecule has 2 aromatic rings. The number of Topliss-reactive ketones (excluding diaryl/α,β-unsaturated/α-hetero) is 1. The maximum Gasteiger partial charge on any atom is 0.344 e. The van der Waals surface area contributed by atoms with Crippen LogP contribution in [-0.4, -0.2) is 43.3 Å². The smallest absolute Gasteiger partial charge is 0.344 e. The van der Waals surface area contributed by atoms with Gasteiger partial charge in [0.25, 0.3) is 0 Å². The largest absolute Gasteiger partial charge is 0.482 e. The van der Waals surface area contributed by atoms with E-state index < -0.39 is 5.97 Å². The molecule has 1 aromatic heterocycles. The number of hydrogen-bond donors (Lipinski definition) is 0. The molecule has 0 aliphatic carbocycles. The molecule has 0 aliphatic heterocycles. The standard InChI is InChI=1S/C20H25NO5/c1-14-6-5-7-17(10-14)25-13-20(23)26-12-19(22)18-11-15(2)21(16(18)3)8-9-24-4/h5-7,10-11H,8-9,12-13H2,1-4H3. The minimum Gasteiger partial charge on any atom is -0.482 e. The van der Waals surface area contributed by atoms with Crippen molar-refractivity contribution >= 4 is 11.8 Å². The van der Waals surface area contributed by atoms with Gasteiger partial charge in [-0.3, -0.25) is 4.79 Å². The number of methoxy groups -OCH3 is 1. The van der Waals surface area contributed by atoms with Gasteiger partial charge < -0.3 is 18.8 Å². The molecule has 26 heavy (non-hydrogen) atoms. The van der Waals surface area contributed by atoms with Gasteiger partial charge in [0.2, 0.25) is 5.78 Å². The number of aryl methyl sites for hydroxylation is 2. The quantitative estimate of drug-likeness (QED) is 0.509. The van der Waals surface area contributed by atoms with E-state index in [-0.39, 0.29) is 19.0 Å². The van der Waals surface area contributed by atoms with E-state index in [1.807, 2.05) is 49.6 Å². The van der Waals surface area contributed by atoms with Crippen LogP contribution in [0.5, 0.6) is 5.75 Å². The molecule has 0 atom stereocenters. The molecule has 140 valence electrons. The molecule has 0 amide bonds. The summed E-state index contributed by atoms with van der Waals surface area (Å²) in [4.78, 5) is 24.2. The van der Waals surface area contributed by atoms with Crippen molar-refractivity contribution in [2.24, 2.45) is 0 Å². The number of benzene rings is 1. The molecule has 6 nitrogen and oxygen atoms in total. The minimum atomic E-state index is -0.576. The average Bonchev–Trinajstić information content (AvgIpc) is 2.90. The summed E-state index contributed by atoms with van der Waals surface area (Å²) in [6, 6.07) is 9.18. The Morgan fingerprint density at radius 3 is 2.54 bits per heavy atom. The maximum absolute atomic E-state index is 12.4. The van der Waals surface area contributed by atoms with Gasteiger partial charge in [-0.15, -0.1) is 0 Å². The second kappa shape index (κ2) is 9.20. The fourth-order valence-corrected chi connectivity index (χ4v) is 2.72. The molecule has 0 radical (unpaired) electrons. The normalized spacial score (nSPS) is 10.6. The highest BCUT2D eigenvalue weighted by Crippen LogP contribution is 2.16. The van der Waals surface area contributed by atoms with Crippen LogP contribution in [-0.2, 0) is 20.8 Å². The summed E-state index contributed by atoms with van der Waals surface area (Å²) >= 11 is 0. The lowest BCUT2D eigenvalue weighted by Gasteiger charge is -2.09. The lowest BCUT2D eigenvalue weighted by atomic mass is 10.1. The second-order valence-electron chi connectivity index (χ2n) is 6.12.